The van der Waals surface area contributed by atoms with E-state index in [0.29, 0.717) is 13.0 Å². The van der Waals surface area contributed by atoms with Crippen LogP contribution in [0, 0.1) is 6.92 Å². The van der Waals surface area contributed by atoms with E-state index in [9.17, 15) is 4.79 Å². The molecule has 0 N–H and O–H groups in total. The van der Waals surface area contributed by atoms with E-state index in [1.165, 1.54) is 15.4 Å². The summed E-state index contributed by atoms with van der Waals surface area (Å²) >= 11 is 4.98. The molecule has 2 heterocycles. The summed E-state index contributed by atoms with van der Waals surface area (Å²) in [4.78, 5) is 26.4. The van der Waals surface area contributed by atoms with Crippen LogP contribution >= 0.6 is 34.9 Å². The van der Waals surface area contributed by atoms with Gasteiger partial charge >= 0.3 is 0 Å². The molecule has 4 rings (SSSR count). The molecule has 0 aliphatic heterocycles. The van der Waals surface area contributed by atoms with Gasteiger partial charge in [0, 0.05) is 34.4 Å². The fraction of sp³-hybridized carbons (Fsp3) is 0.208. The molecule has 0 aliphatic rings. The number of rotatable bonds is 8. The molecule has 0 fully saturated rings. The van der Waals surface area contributed by atoms with Crippen LogP contribution in [0.25, 0.3) is 10.2 Å². The van der Waals surface area contributed by atoms with Crippen LogP contribution in [-0.4, -0.2) is 27.9 Å². The lowest BCUT2D eigenvalue weighted by atomic mass is 10.2. The number of nitrogens with zero attached hydrogens (tertiary/aromatic N) is 3. The van der Waals surface area contributed by atoms with Crippen LogP contribution in [0.1, 0.15) is 17.5 Å². The minimum atomic E-state index is 0.0765. The summed E-state index contributed by atoms with van der Waals surface area (Å²) in [5.41, 5.74) is 3.16. The number of hydrogen-bond acceptors (Lipinski definition) is 6. The molecule has 2 aromatic heterocycles. The zero-order valence-corrected chi connectivity index (χ0v) is 19.9. The number of thiazole rings is 1. The van der Waals surface area contributed by atoms with Crippen molar-refractivity contribution in [3.05, 3.63) is 78.1 Å². The SMILES string of the molecule is CSc1ccc2nc(N(Cc3cccnc3)C(=O)CCSc3ccc(C)cc3)sc2c1. The monoisotopic (exact) mass is 465 g/mol. The van der Waals surface area contributed by atoms with Crippen molar-refractivity contribution in [2.45, 2.75) is 29.7 Å². The highest BCUT2D eigenvalue weighted by atomic mass is 32.2. The first-order valence-corrected chi connectivity index (χ1v) is 13.0. The van der Waals surface area contributed by atoms with E-state index in [4.69, 9.17) is 4.98 Å². The maximum atomic E-state index is 13.2. The molecule has 0 spiro atoms. The molecule has 7 heteroatoms. The number of thioether (sulfide) groups is 2. The lowest BCUT2D eigenvalue weighted by Crippen LogP contribution is -2.30. The number of aryl methyl sites for hydroxylation is 1. The van der Waals surface area contributed by atoms with Gasteiger partial charge in [0.15, 0.2) is 5.13 Å². The Bertz CT molecular complexity index is 1160. The summed E-state index contributed by atoms with van der Waals surface area (Å²) in [7, 11) is 0. The molecule has 4 aromatic rings. The largest absolute Gasteiger partial charge is 0.284 e. The molecule has 0 bridgehead atoms. The number of pyridine rings is 1. The van der Waals surface area contributed by atoms with E-state index in [-0.39, 0.29) is 5.91 Å². The first kappa shape index (κ1) is 21.9. The maximum absolute atomic E-state index is 13.2. The normalized spacial score (nSPS) is 11.0. The van der Waals surface area contributed by atoms with Crippen LogP contribution in [0.2, 0.25) is 0 Å². The van der Waals surface area contributed by atoms with Gasteiger partial charge in [0.25, 0.3) is 0 Å². The molecule has 31 heavy (non-hydrogen) atoms. The highest BCUT2D eigenvalue weighted by Gasteiger charge is 2.20. The van der Waals surface area contributed by atoms with Crippen molar-refractivity contribution in [2.24, 2.45) is 0 Å². The molecule has 0 saturated heterocycles. The Morgan fingerprint density at radius 3 is 2.65 bits per heavy atom. The average Bonchev–Trinajstić information content (AvgIpc) is 3.22. The Morgan fingerprint density at radius 1 is 1.10 bits per heavy atom. The number of aromatic nitrogens is 2. The number of anilines is 1. The Morgan fingerprint density at radius 2 is 1.90 bits per heavy atom. The van der Waals surface area contributed by atoms with Gasteiger partial charge in [-0.2, -0.15) is 0 Å². The van der Waals surface area contributed by atoms with Crippen molar-refractivity contribution < 1.29 is 4.79 Å². The Kier molecular flexibility index (Phi) is 7.27. The fourth-order valence-electron chi connectivity index (χ4n) is 3.10. The zero-order valence-electron chi connectivity index (χ0n) is 17.4. The summed E-state index contributed by atoms with van der Waals surface area (Å²) in [5, 5.41) is 0.738. The minimum Gasteiger partial charge on any atom is -0.284 e. The van der Waals surface area contributed by atoms with Crippen molar-refractivity contribution in [1.82, 2.24) is 9.97 Å². The van der Waals surface area contributed by atoms with Gasteiger partial charge in [0.05, 0.1) is 16.8 Å². The second-order valence-electron chi connectivity index (χ2n) is 7.08. The summed E-state index contributed by atoms with van der Waals surface area (Å²) < 4.78 is 1.10. The number of carbonyl (C=O) groups excluding carboxylic acids is 1. The second kappa shape index (κ2) is 10.3. The molecule has 4 nitrogen and oxygen atoms in total. The van der Waals surface area contributed by atoms with E-state index < -0.39 is 0 Å². The van der Waals surface area contributed by atoms with Crippen molar-refractivity contribution >= 4 is 56.1 Å². The molecule has 2 aromatic carbocycles. The molecule has 0 radical (unpaired) electrons. The van der Waals surface area contributed by atoms with Gasteiger partial charge in [-0.3, -0.25) is 14.7 Å². The van der Waals surface area contributed by atoms with Crippen LogP contribution in [0.5, 0.6) is 0 Å². The van der Waals surface area contributed by atoms with E-state index in [2.05, 4.69) is 54.6 Å². The van der Waals surface area contributed by atoms with Crippen molar-refractivity contribution in [3.8, 4) is 0 Å². The lowest BCUT2D eigenvalue weighted by Gasteiger charge is -2.20. The second-order valence-corrected chi connectivity index (χ2v) is 10.1. The molecule has 158 valence electrons. The van der Waals surface area contributed by atoms with Crippen LogP contribution < -0.4 is 4.90 Å². The molecular weight excluding hydrogens is 442 g/mol. The smallest absolute Gasteiger partial charge is 0.229 e. The van der Waals surface area contributed by atoms with E-state index in [1.54, 1.807) is 52.2 Å². The maximum Gasteiger partial charge on any atom is 0.229 e. The molecule has 0 aliphatic carbocycles. The van der Waals surface area contributed by atoms with Crippen LogP contribution in [-0.2, 0) is 11.3 Å². The van der Waals surface area contributed by atoms with Crippen LogP contribution in [0.4, 0.5) is 5.13 Å². The Hall–Kier alpha value is -2.35. The lowest BCUT2D eigenvalue weighted by molar-refractivity contribution is -0.118. The van der Waals surface area contributed by atoms with E-state index >= 15 is 0 Å². The summed E-state index contributed by atoms with van der Waals surface area (Å²) in [6, 6.07) is 18.5. The van der Waals surface area contributed by atoms with Gasteiger partial charge in [-0.05, 0) is 55.1 Å². The first-order chi connectivity index (χ1) is 15.1. The van der Waals surface area contributed by atoms with Gasteiger partial charge in [0.1, 0.15) is 0 Å². The summed E-state index contributed by atoms with van der Waals surface area (Å²) in [5.74, 6) is 0.806. The molecule has 0 saturated carbocycles. The predicted molar refractivity (Wildman–Crippen MR) is 133 cm³/mol. The van der Waals surface area contributed by atoms with Crippen LogP contribution in [0.15, 0.2) is 76.8 Å². The number of hydrogen-bond donors (Lipinski definition) is 0. The Balaban J connectivity index is 1.53. The minimum absolute atomic E-state index is 0.0765. The molecular formula is C24H23N3OS3. The quantitative estimate of drug-likeness (QED) is 0.280. The number of benzene rings is 2. The predicted octanol–water partition coefficient (Wildman–Crippen LogP) is 6.44. The van der Waals surface area contributed by atoms with Crippen molar-refractivity contribution in [2.75, 3.05) is 16.9 Å². The number of amides is 1. The van der Waals surface area contributed by atoms with Gasteiger partial charge in [-0.15, -0.1) is 23.5 Å². The van der Waals surface area contributed by atoms with Gasteiger partial charge in [0.2, 0.25) is 5.91 Å². The highest BCUT2D eigenvalue weighted by Crippen LogP contribution is 2.33. The third-order valence-corrected chi connectivity index (χ3v) is 7.57. The molecule has 0 atom stereocenters. The number of carbonyl (C=O) groups is 1. The van der Waals surface area contributed by atoms with E-state index in [1.807, 2.05) is 18.2 Å². The fourth-order valence-corrected chi connectivity index (χ4v) is 5.47. The average molecular weight is 466 g/mol. The third kappa shape index (κ3) is 5.67. The standard InChI is InChI=1S/C24H23N3OS3/c1-17-5-7-19(8-6-17)30-13-11-23(28)27(16-18-4-3-12-25-15-18)24-26-21-10-9-20(29-2)14-22(21)31-24/h3-10,12,14-15H,11,13,16H2,1-2H3. The summed E-state index contributed by atoms with van der Waals surface area (Å²) in [6.07, 6.45) is 6.06. The van der Waals surface area contributed by atoms with Crippen LogP contribution in [0.3, 0.4) is 0 Å². The zero-order chi connectivity index (χ0) is 21.6. The molecule has 0 unspecified atom stereocenters. The Labute approximate surface area is 195 Å². The van der Waals surface area contributed by atoms with Gasteiger partial charge in [-0.25, -0.2) is 4.98 Å². The first-order valence-electron chi connectivity index (χ1n) is 9.96. The van der Waals surface area contributed by atoms with E-state index in [0.717, 1.165) is 26.7 Å². The third-order valence-electron chi connectivity index (χ3n) is 4.79. The van der Waals surface area contributed by atoms with Gasteiger partial charge in [-0.1, -0.05) is 35.1 Å². The molecule has 1 amide bonds. The topological polar surface area (TPSA) is 46.1 Å². The number of fused-ring (bicyclic) bond motifs is 1. The highest BCUT2D eigenvalue weighted by molar-refractivity contribution is 7.99. The van der Waals surface area contributed by atoms with Crippen molar-refractivity contribution in [1.29, 1.82) is 0 Å². The van der Waals surface area contributed by atoms with Gasteiger partial charge < -0.3 is 0 Å². The van der Waals surface area contributed by atoms with Crippen molar-refractivity contribution in [3.63, 3.8) is 0 Å². The summed E-state index contributed by atoms with van der Waals surface area (Å²) in [6.45, 7) is 2.55.